The van der Waals surface area contributed by atoms with E-state index in [1.165, 1.54) is 11.3 Å². The number of halogens is 1. The van der Waals surface area contributed by atoms with Gasteiger partial charge >= 0.3 is 0 Å². The lowest BCUT2D eigenvalue weighted by molar-refractivity contribution is 0.0226. The SMILES string of the molecule is O=S(=O)(Cc1ccccc1)Cc1ccc(-c2ccc3c(c2)CCC2(CCN(c4ccc(Cl)cc4)CC2)O3)cc1. The predicted molar refractivity (Wildman–Crippen MR) is 159 cm³/mol. The van der Waals surface area contributed by atoms with Crippen molar-refractivity contribution in [3.8, 4) is 16.9 Å². The van der Waals surface area contributed by atoms with E-state index in [1.807, 2.05) is 66.7 Å². The minimum absolute atomic E-state index is 0.0394. The highest BCUT2D eigenvalue weighted by atomic mass is 35.5. The van der Waals surface area contributed by atoms with E-state index in [1.54, 1.807) is 0 Å². The van der Waals surface area contributed by atoms with Crippen LogP contribution >= 0.6 is 11.6 Å². The van der Waals surface area contributed by atoms with Gasteiger partial charge in [0, 0.05) is 36.6 Å². The molecule has 0 unspecified atom stereocenters. The predicted octanol–water partition coefficient (Wildman–Crippen LogP) is 7.49. The number of fused-ring (bicyclic) bond motifs is 1. The molecular weight excluding hydrogens is 526 g/mol. The second kappa shape index (κ2) is 10.7. The fraction of sp³-hybridized carbons (Fsp3) is 0.273. The van der Waals surface area contributed by atoms with Crippen molar-refractivity contribution in [2.45, 2.75) is 42.8 Å². The van der Waals surface area contributed by atoms with E-state index in [2.05, 4.69) is 35.2 Å². The summed E-state index contributed by atoms with van der Waals surface area (Å²) in [4.78, 5) is 2.42. The zero-order valence-corrected chi connectivity index (χ0v) is 23.4. The average Bonchev–Trinajstić information content (AvgIpc) is 2.94. The summed E-state index contributed by atoms with van der Waals surface area (Å²) in [6.07, 6.45) is 4.03. The Hall–Kier alpha value is -3.28. The summed E-state index contributed by atoms with van der Waals surface area (Å²) >= 11 is 6.06. The number of hydrogen-bond acceptors (Lipinski definition) is 4. The smallest absolute Gasteiger partial charge is 0.158 e. The molecule has 4 aromatic rings. The Labute approximate surface area is 236 Å². The quantitative estimate of drug-likeness (QED) is 0.246. The fourth-order valence-electron chi connectivity index (χ4n) is 5.80. The molecule has 1 fully saturated rings. The summed E-state index contributed by atoms with van der Waals surface area (Å²) in [6.45, 7) is 1.95. The Morgan fingerprint density at radius 3 is 2.08 bits per heavy atom. The lowest BCUT2D eigenvalue weighted by Gasteiger charge is -2.45. The summed E-state index contributed by atoms with van der Waals surface area (Å²) < 4.78 is 32.1. The summed E-state index contributed by atoms with van der Waals surface area (Å²) in [7, 11) is -3.24. The molecule has 200 valence electrons. The average molecular weight is 558 g/mol. The van der Waals surface area contributed by atoms with E-state index < -0.39 is 9.84 Å². The van der Waals surface area contributed by atoms with Gasteiger partial charge in [0.15, 0.2) is 9.84 Å². The lowest BCUT2D eigenvalue weighted by Crippen LogP contribution is -2.49. The first kappa shape index (κ1) is 26.0. The molecule has 1 saturated heterocycles. The van der Waals surface area contributed by atoms with E-state index in [4.69, 9.17) is 16.3 Å². The second-order valence-electron chi connectivity index (χ2n) is 10.8. The van der Waals surface area contributed by atoms with E-state index in [0.717, 1.165) is 71.8 Å². The topological polar surface area (TPSA) is 46.6 Å². The number of hydrogen-bond donors (Lipinski definition) is 0. The maximum atomic E-state index is 12.7. The molecule has 0 aliphatic carbocycles. The molecule has 2 heterocycles. The first-order chi connectivity index (χ1) is 18.9. The molecule has 0 N–H and O–H groups in total. The Bertz CT molecular complexity index is 1540. The van der Waals surface area contributed by atoms with Gasteiger partial charge in [0.1, 0.15) is 11.4 Å². The van der Waals surface area contributed by atoms with Gasteiger partial charge in [0.05, 0.1) is 11.5 Å². The van der Waals surface area contributed by atoms with Crippen LogP contribution in [-0.2, 0) is 27.8 Å². The zero-order chi connectivity index (χ0) is 26.9. The largest absolute Gasteiger partial charge is 0.487 e. The van der Waals surface area contributed by atoms with Crippen molar-refractivity contribution in [1.82, 2.24) is 0 Å². The summed E-state index contributed by atoms with van der Waals surface area (Å²) in [5, 5.41) is 0.765. The molecule has 0 saturated carbocycles. The van der Waals surface area contributed by atoms with E-state index >= 15 is 0 Å². The van der Waals surface area contributed by atoms with Crippen molar-refractivity contribution in [2.75, 3.05) is 18.0 Å². The van der Waals surface area contributed by atoms with Gasteiger partial charge < -0.3 is 9.64 Å². The molecule has 39 heavy (non-hydrogen) atoms. The van der Waals surface area contributed by atoms with Crippen LogP contribution in [0.5, 0.6) is 5.75 Å². The van der Waals surface area contributed by atoms with Gasteiger partial charge in [-0.15, -0.1) is 0 Å². The molecular formula is C33H32ClNO3S. The van der Waals surface area contributed by atoms with Crippen LogP contribution in [0.25, 0.3) is 11.1 Å². The zero-order valence-electron chi connectivity index (χ0n) is 21.9. The molecule has 1 spiro atoms. The number of anilines is 1. The van der Waals surface area contributed by atoms with Crippen LogP contribution in [-0.4, -0.2) is 27.1 Å². The minimum atomic E-state index is -3.24. The van der Waals surface area contributed by atoms with Crippen molar-refractivity contribution in [2.24, 2.45) is 0 Å². The van der Waals surface area contributed by atoms with Crippen molar-refractivity contribution < 1.29 is 13.2 Å². The molecule has 6 heteroatoms. The van der Waals surface area contributed by atoms with Crippen LogP contribution in [0.4, 0.5) is 5.69 Å². The number of nitrogens with zero attached hydrogens (tertiary/aromatic N) is 1. The standard InChI is InChI=1S/C33H32ClNO3S/c34-30-11-13-31(14-12-30)35-20-18-33(19-21-35)17-16-29-22-28(10-15-32(29)38-33)27-8-6-26(7-9-27)24-39(36,37)23-25-4-2-1-3-5-25/h1-15,22H,16-21,23-24H2. The molecule has 4 aromatic carbocycles. The summed E-state index contributed by atoms with van der Waals surface area (Å²) in [5.74, 6) is 1.09. The molecule has 2 aliphatic rings. The number of rotatable bonds is 6. The molecule has 2 aliphatic heterocycles. The van der Waals surface area contributed by atoms with Gasteiger partial charge in [-0.25, -0.2) is 8.42 Å². The molecule has 0 bridgehead atoms. The van der Waals surface area contributed by atoms with Crippen LogP contribution < -0.4 is 9.64 Å². The highest BCUT2D eigenvalue weighted by Crippen LogP contribution is 2.41. The van der Waals surface area contributed by atoms with Gasteiger partial charge in [-0.1, -0.05) is 72.3 Å². The highest BCUT2D eigenvalue weighted by Gasteiger charge is 2.39. The van der Waals surface area contributed by atoms with Crippen LogP contribution in [0.3, 0.4) is 0 Å². The Morgan fingerprint density at radius 2 is 1.38 bits per heavy atom. The third kappa shape index (κ3) is 6.00. The lowest BCUT2D eigenvalue weighted by atomic mass is 9.82. The van der Waals surface area contributed by atoms with E-state index in [0.29, 0.717) is 0 Å². The van der Waals surface area contributed by atoms with Crippen LogP contribution in [0, 0.1) is 0 Å². The summed E-state index contributed by atoms with van der Waals surface area (Å²) in [5.41, 5.74) is 6.21. The van der Waals surface area contributed by atoms with Crippen molar-refractivity contribution >= 4 is 27.1 Å². The van der Waals surface area contributed by atoms with Gasteiger partial charge in [-0.05, 0) is 77.1 Å². The third-order valence-corrected chi connectivity index (χ3v) is 9.80. The van der Waals surface area contributed by atoms with Crippen LogP contribution in [0.15, 0.2) is 97.1 Å². The maximum Gasteiger partial charge on any atom is 0.158 e. The van der Waals surface area contributed by atoms with Gasteiger partial charge in [-0.2, -0.15) is 0 Å². The number of benzene rings is 4. The molecule has 0 aromatic heterocycles. The second-order valence-corrected chi connectivity index (χ2v) is 13.3. The van der Waals surface area contributed by atoms with E-state index in [-0.39, 0.29) is 17.1 Å². The Kier molecular flexibility index (Phi) is 7.13. The molecule has 0 radical (unpaired) electrons. The molecule has 6 rings (SSSR count). The van der Waals surface area contributed by atoms with E-state index in [9.17, 15) is 8.42 Å². The first-order valence-electron chi connectivity index (χ1n) is 13.5. The van der Waals surface area contributed by atoms with Crippen molar-refractivity contribution in [3.63, 3.8) is 0 Å². The highest BCUT2D eigenvalue weighted by molar-refractivity contribution is 7.89. The Morgan fingerprint density at radius 1 is 0.744 bits per heavy atom. The normalized spacial score (nSPS) is 16.5. The monoisotopic (exact) mass is 557 g/mol. The Balaban J connectivity index is 1.09. The van der Waals surface area contributed by atoms with Crippen LogP contribution in [0.2, 0.25) is 5.02 Å². The van der Waals surface area contributed by atoms with Crippen molar-refractivity contribution in [3.05, 3.63) is 119 Å². The van der Waals surface area contributed by atoms with Gasteiger partial charge in [0.2, 0.25) is 0 Å². The van der Waals surface area contributed by atoms with Gasteiger partial charge in [-0.3, -0.25) is 0 Å². The number of ether oxygens (including phenoxy) is 1. The number of piperidine rings is 1. The molecule has 4 nitrogen and oxygen atoms in total. The number of aryl methyl sites for hydroxylation is 1. The minimum Gasteiger partial charge on any atom is -0.487 e. The van der Waals surface area contributed by atoms with Gasteiger partial charge in [0.25, 0.3) is 0 Å². The fourth-order valence-corrected chi connectivity index (χ4v) is 7.43. The van der Waals surface area contributed by atoms with Crippen LogP contribution in [0.1, 0.15) is 36.0 Å². The maximum absolute atomic E-state index is 12.7. The first-order valence-corrected chi connectivity index (χ1v) is 15.7. The molecule has 0 amide bonds. The summed E-state index contributed by atoms with van der Waals surface area (Å²) in [6, 6.07) is 31.8. The van der Waals surface area contributed by atoms with Crippen molar-refractivity contribution in [1.29, 1.82) is 0 Å². The number of sulfone groups is 1. The third-order valence-electron chi connectivity index (χ3n) is 8.01. The molecule has 0 atom stereocenters.